The number of nitrogens with zero attached hydrogens (tertiary/aromatic N) is 2. The van der Waals surface area contributed by atoms with Crippen molar-refractivity contribution in [2.75, 3.05) is 13.6 Å². The van der Waals surface area contributed by atoms with Gasteiger partial charge in [-0.25, -0.2) is 5.26 Å². The molecule has 1 heterocycles. The Morgan fingerprint density at radius 2 is 2.07 bits per heavy atom. The summed E-state index contributed by atoms with van der Waals surface area (Å²) < 4.78 is 0. The number of unbranched alkanes of at least 4 members (excludes halogenated alkanes) is 4. The zero-order valence-corrected chi connectivity index (χ0v) is 10.2. The summed E-state index contributed by atoms with van der Waals surface area (Å²) in [6, 6.07) is 0. The van der Waals surface area contributed by atoms with Gasteiger partial charge in [0.15, 0.2) is 0 Å². The Morgan fingerprint density at radius 3 is 2.60 bits per heavy atom. The molecule has 1 aliphatic heterocycles. The maximum atomic E-state index is 6.50. The summed E-state index contributed by atoms with van der Waals surface area (Å²) in [6.45, 7) is 7.03. The fraction of sp³-hybridized carbons (Fsp3) is 0.769. The van der Waals surface area contributed by atoms with Crippen LogP contribution in [0.1, 0.15) is 51.9 Å². The first-order chi connectivity index (χ1) is 7.34. The molecule has 0 aromatic rings. The molecule has 0 unspecified atom stereocenters. The number of allylic oxidation sites excluding steroid dienone is 2. The van der Waals surface area contributed by atoms with E-state index in [-0.39, 0.29) is 0 Å². The highest BCUT2D eigenvalue weighted by Crippen LogP contribution is 2.19. The molecule has 0 radical (unpaired) electrons. The third-order valence-electron chi connectivity index (χ3n) is 2.85. The topological polar surface area (TPSA) is 27.0 Å². The first kappa shape index (κ1) is 14.0. The second-order valence-corrected chi connectivity index (χ2v) is 4.07. The van der Waals surface area contributed by atoms with Gasteiger partial charge in [0.25, 0.3) is 0 Å². The van der Waals surface area contributed by atoms with Crippen molar-refractivity contribution in [2.24, 2.45) is 0 Å². The summed E-state index contributed by atoms with van der Waals surface area (Å²) in [4.78, 5) is 2.40. The van der Waals surface area contributed by atoms with Crippen molar-refractivity contribution in [1.82, 2.24) is 4.90 Å². The predicted molar refractivity (Wildman–Crippen MR) is 65.4 cm³/mol. The summed E-state index contributed by atoms with van der Waals surface area (Å²) in [6.07, 6.45) is 11.9. The predicted octanol–water partition coefficient (Wildman–Crippen LogP) is 3.71. The molecule has 0 amide bonds. The van der Waals surface area contributed by atoms with Crippen LogP contribution in [-0.4, -0.2) is 18.5 Å². The Balaban J connectivity index is 0.000000921. The molecule has 0 N–H and O–H groups in total. The van der Waals surface area contributed by atoms with Gasteiger partial charge in [-0.05, 0) is 25.7 Å². The monoisotopic (exact) mass is 208 g/mol. The SMILES string of the molecule is C#N.CCCCCCC=C1CCCN1C. The third kappa shape index (κ3) is 6.17. The molecule has 1 rings (SSSR count). The average Bonchev–Trinajstić information content (AvgIpc) is 2.67. The van der Waals surface area contributed by atoms with Crippen LogP contribution >= 0.6 is 0 Å². The summed E-state index contributed by atoms with van der Waals surface area (Å²) in [5, 5.41) is 6.50. The van der Waals surface area contributed by atoms with Crippen molar-refractivity contribution < 1.29 is 0 Å². The van der Waals surface area contributed by atoms with Gasteiger partial charge in [-0.1, -0.05) is 32.3 Å². The minimum absolute atomic E-state index is 1.26. The van der Waals surface area contributed by atoms with Crippen molar-refractivity contribution in [3.05, 3.63) is 11.8 Å². The number of hydrogen-bond acceptors (Lipinski definition) is 2. The van der Waals surface area contributed by atoms with Crippen LogP contribution in [0.5, 0.6) is 0 Å². The Bertz CT molecular complexity index is 194. The number of likely N-dealkylation sites (tertiary alicyclic amines) is 1. The molecule has 2 heteroatoms. The summed E-state index contributed by atoms with van der Waals surface area (Å²) in [7, 11) is 2.21. The van der Waals surface area contributed by atoms with E-state index in [0.29, 0.717) is 0 Å². The molecule has 1 fully saturated rings. The molecule has 1 saturated heterocycles. The van der Waals surface area contributed by atoms with Crippen molar-refractivity contribution in [2.45, 2.75) is 51.9 Å². The van der Waals surface area contributed by atoms with Crippen LogP contribution in [-0.2, 0) is 0 Å². The number of rotatable bonds is 5. The molecule has 1 aliphatic rings. The van der Waals surface area contributed by atoms with Crippen LogP contribution in [0.2, 0.25) is 0 Å². The average molecular weight is 208 g/mol. The van der Waals surface area contributed by atoms with E-state index in [0.717, 1.165) is 0 Å². The molecule has 0 aromatic carbocycles. The Kier molecular flexibility index (Phi) is 8.96. The lowest BCUT2D eigenvalue weighted by atomic mass is 10.1. The lowest BCUT2D eigenvalue weighted by molar-refractivity contribution is 0.478. The van der Waals surface area contributed by atoms with Crippen LogP contribution in [0.4, 0.5) is 0 Å². The Hall–Kier alpha value is -0.970. The van der Waals surface area contributed by atoms with Crippen LogP contribution < -0.4 is 0 Å². The van der Waals surface area contributed by atoms with E-state index < -0.39 is 0 Å². The van der Waals surface area contributed by atoms with Crippen molar-refractivity contribution in [3.63, 3.8) is 0 Å². The van der Waals surface area contributed by atoms with E-state index in [2.05, 4.69) is 31.5 Å². The molecule has 0 aromatic heterocycles. The van der Waals surface area contributed by atoms with Gasteiger partial charge in [0.05, 0.1) is 0 Å². The molecule has 0 aliphatic carbocycles. The third-order valence-corrected chi connectivity index (χ3v) is 2.85. The van der Waals surface area contributed by atoms with Crippen molar-refractivity contribution in [1.29, 1.82) is 5.26 Å². The zero-order valence-electron chi connectivity index (χ0n) is 10.2. The molecule has 0 atom stereocenters. The second-order valence-electron chi connectivity index (χ2n) is 4.07. The lowest BCUT2D eigenvalue weighted by Crippen LogP contribution is -2.09. The summed E-state index contributed by atoms with van der Waals surface area (Å²) in [5.41, 5.74) is 1.58. The highest BCUT2D eigenvalue weighted by atomic mass is 15.1. The normalized spacial score (nSPS) is 17.6. The first-order valence-corrected chi connectivity index (χ1v) is 6.00. The van der Waals surface area contributed by atoms with E-state index in [9.17, 15) is 0 Å². The maximum absolute atomic E-state index is 6.50. The minimum atomic E-state index is 1.26. The molecule has 15 heavy (non-hydrogen) atoms. The molecule has 0 spiro atoms. The highest BCUT2D eigenvalue weighted by molar-refractivity contribution is 5.04. The van der Waals surface area contributed by atoms with E-state index in [1.165, 1.54) is 51.5 Å². The maximum Gasteiger partial charge on any atom is 0.0462 e. The number of nitriles is 1. The van der Waals surface area contributed by atoms with E-state index in [1.807, 2.05) is 0 Å². The zero-order chi connectivity index (χ0) is 11.5. The van der Waals surface area contributed by atoms with Crippen LogP contribution in [0.15, 0.2) is 11.8 Å². The highest BCUT2D eigenvalue weighted by Gasteiger charge is 2.10. The van der Waals surface area contributed by atoms with Gasteiger partial charge in [-0.15, -0.1) is 0 Å². The Labute approximate surface area is 94.6 Å². The van der Waals surface area contributed by atoms with Gasteiger partial charge in [-0.3, -0.25) is 0 Å². The molecule has 0 bridgehead atoms. The summed E-state index contributed by atoms with van der Waals surface area (Å²) >= 11 is 0. The van der Waals surface area contributed by atoms with Crippen LogP contribution in [0.3, 0.4) is 0 Å². The van der Waals surface area contributed by atoms with Gasteiger partial charge >= 0.3 is 0 Å². The largest absolute Gasteiger partial charge is 0.378 e. The summed E-state index contributed by atoms with van der Waals surface area (Å²) in [5.74, 6) is 0. The fourth-order valence-corrected chi connectivity index (χ4v) is 1.93. The van der Waals surface area contributed by atoms with Gasteiger partial charge in [0.1, 0.15) is 0 Å². The molecule has 86 valence electrons. The van der Waals surface area contributed by atoms with E-state index in [1.54, 1.807) is 5.70 Å². The molecule has 2 nitrogen and oxygen atoms in total. The lowest BCUT2D eigenvalue weighted by Gasteiger charge is -2.12. The van der Waals surface area contributed by atoms with Gasteiger partial charge < -0.3 is 4.90 Å². The molecule has 0 saturated carbocycles. The molecular formula is C13H24N2. The Morgan fingerprint density at radius 1 is 1.33 bits per heavy atom. The smallest absolute Gasteiger partial charge is 0.0462 e. The standard InChI is InChI=1S/C12H23N.CHN/c1-3-4-5-6-7-9-12-10-8-11-13(12)2;1-2/h9H,3-8,10-11H2,1-2H3;1H. The van der Waals surface area contributed by atoms with E-state index in [4.69, 9.17) is 5.26 Å². The van der Waals surface area contributed by atoms with Gasteiger partial charge in [0, 0.05) is 25.9 Å². The quantitative estimate of drug-likeness (QED) is 0.644. The van der Waals surface area contributed by atoms with Crippen LogP contribution in [0, 0.1) is 11.8 Å². The minimum Gasteiger partial charge on any atom is -0.378 e. The van der Waals surface area contributed by atoms with Crippen molar-refractivity contribution in [3.8, 4) is 6.57 Å². The fourth-order valence-electron chi connectivity index (χ4n) is 1.93. The van der Waals surface area contributed by atoms with Gasteiger partial charge in [0.2, 0.25) is 0 Å². The number of hydrogen-bond donors (Lipinski definition) is 0. The van der Waals surface area contributed by atoms with Gasteiger partial charge in [-0.2, -0.15) is 0 Å². The first-order valence-electron chi connectivity index (χ1n) is 6.00. The molecular weight excluding hydrogens is 184 g/mol. The van der Waals surface area contributed by atoms with Crippen LogP contribution in [0.25, 0.3) is 0 Å². The van der Waals surface area contributed by atoms with Crippen molar-refractivity contribution >= 4 is 0 Å². The van der Waals surface area contributed by atoms with E-state index >= 15 is 0 Å². The second kappa shape index (κ2) is 9.58.